The Morgan fingerprint density at radius 2 is 1.38 bits per heavy atom. The maximum Gasteiger partial charge on any atom is 0.500 e. The van der Waals surface area contributed by atoms with Gasteiger partial charge in [0.05, 0.1) is 0 Å². The minimum Gasteiger partial charge on any atom is -0.377 e. The molecule has 0 radical (unpaired) electrons. The van der Waals surface area contributed by atoms with Gasteiger partial charge in [-0.05, 0) is 6.42 Å². The minimum absolute atomic E-state index is 0.263. The largest absolute Gasteiger partial charge is 0.500 e. The molecular weight excluding hydrogens is 388 g/mol. The average Bonchev–Trinajstić information content (AvgIpc) is 2.06. The maximum atomic E-state index is 5.26. The van der Waals surface area contributed by atoms with Crippen LogP contribution in [0.4, 0.5) is 0 Å². The van der Waals surface area contributed by atoms with Crippen molar-refractivity contribution in [1.29, 1.82) is 0 Å². The number of hydrogen-bond donors (Lipinski definition) is 0. The van der Waals surface area contributed by atoms with Gasteiger partial charge >= 0.3 is 8.80 Å². The van der Waals surface area contributed by atoms with Crippen LogP contribution in [0, 0.1) is 0 Å². The van der Waals surface area contributed by atoms with Crippen LogP contribution in [0.15, 0.2) is 0 Å². The van der Waals surface area contributed by atoms with Crippen molar-refractivity contribution in [2.75, 3.05) is 21.3 Å². The summed E-state index contributed by atoms with van der Waals surface area (Å²) >= 11 is 10.2. The fourth-order valence-corrected chi connectivity index (χ4v) is 4.34. The second kappa shape index (κ2) is 6.19. The Balaban J connectivity index is 4.11. The van der Waals surface area contributed by atoms with E-state index in [1.165, 1.54) is 0 Å². The predicted octanol–water partition coefficient (Wildman–Crippen LogP) is 3.09. The molecule has 0 aliphatic heterocycles. The molecule has 0 spiro atoms. The molecule has 0 unspecified atom stereocenters. The SMILES string of the molecule is CO[Si](CCC(Br)(Br)Br)(OC)OC. The Morgan fingerprint density at radius 3 is 1.62 bits per heavy atom. The molecule has 0 amide bonds. The van der Waals surface area contributed by atoms with Gasteiger partial charge in [-0.15, -0.1) is 0 Å². The van der Waals surface area contributed by atoms with Crippen LogP contribution in [-0.4, -0.2) is 32.3 Å². The molecule has 0 rings (SSSR count). The van der Waals surface area contributed by atoms with Crippen molar-refractivity contribution in [2.45, 2.75) is 14.6 Å². The molecule has 0 aromatic rings. The molecule has 0 saturated carbocycles. The van der Waals surface area contributed by atoms with E-state index >= 15 is 0 Å². The van der Waals surface area contributed by atoms with Crippen molar-refractivity contribution >= 4 is 56.6 Å². The predicted molar refractivity (Wildman–Crippen MR) is 65.7 cm³/mol. The van der Waals surface area contributed by atoms with Crippen LogP contribution in [0.3, 0.4) is 0 Å². The van der Waals surface area contributed by atoms with Crippen LogP contribution < -0.4 is 0 Å². The van der Waals surface area contributed by atoms with Crippen molar-refractivity contribution in [3.8, 4) is 0 Å². The first-order valence-corrected chi connectivity index (χ1v) is 7.92. The fourth-order valence-electron chi connectivity index (χ4n) is 0.851. The van der Waals surface area contributed by atoms with E-state index in [4.69, 9.17) is 13.3 Å². The molecule has 0 heterocycles. The quantitative estimate of drug-likeness (QED) is 0.524. The first-order chi connectivity index (χ1) is 5.89. The molecule has 0 bridgehead atoms. The third kappa shape index (κ3) is 5.86. The summed E-state index contributed by atoms with van der Waals surface area (Å²) in [7, 11) is 2.41. The molecule has 13 heavy (non-hydrogen) atoms. The Kier molecular flexibility index (Phi) is 6.92. The van der Waals surface area contributed by atoms with Crippen molar-refractivity contribution in [3.63, 3.8) is 0 Å². The van der Waals surface area contributed by atoms with Crippen molar-refractivity contribution in [2.24, 2.45) is 0 Å². The van der Waals surface area contributed by atoms with Crippen LogP contribution in [0.25, 0.3) is 0 Å². The summed E-state index contributed by atoms with van der Waals surface area (Å²) in [5, 5.41) is 0. The van der Waals surface area contributed by atoms with Gasteiger partial charge in [-0.1, -0.05) is 47.8 Å². The van der Waals surface area contributed by atoms with E-state index in [1.807, 2.05) is 0 Å². The minimum atomic E-state index is -2.42. The molecule has 0 saturated heterocycles. The molecule has 0 aliphatic rings. The number of alkyl halides is 3. The van der Waals surface area contributed by atoms with E-state index in [0.717, 1.165) is 12.5 Å². The van der Waals surface area contributed by atoms with Gasteiger partial charge in [-0.25, -0.2) is 0 Å². The monoisotopic (exact) mass is 398 g/mol. The lowest BCUT2D eigenvalue weighted by atomic mass is 10.6. The summed E-state index contributed by atoms with van der Waals surface area (Å²) in [6, 6.07) is 0.734. The van der Waals surface area contributed by atoms with Crippen LogP contribution in [0.5, 0.6) is 0 Å². The number of halogens is 3. The van der Waals surface area contributed by atoms with Crippen LogP contribution >= 0.6 is 47.8 Å². The second-order valence-corrected chi connectivity index (χ2v) is 12.8. The lowest BCUT2D eigenvalue weighted by Crippen LogP contribution is -2.43. The first kappa shape index (κ1) is 14.5. The van der Waals surface area contributed by atoms with Gasteiger partial charge in [-0.2, -0.15) is 0 Å². The zero-order valence-corrected chi connectivity index (χ0v) is 13.5. The Labute approximate surface area is 105 Å². The molecule has 0 fully saturated rings. The van der Waals surface area contributed by atoms with E-state index in [1.54, 1.807) is 21.3 Å². The molecule has 0 atom stereocenters. The molecule has 0 aliphatic carbocycles. The van der Waals surface area contributed by atoms with Gasteiger partial charge in [0.15, 0.2) is 0 Å². The molecular formula is C6H13Br3O3Si. The summed E-state index contributed by atoms with van der Waals surface area (Å²) in [4.78, 5) is 0. The molecule has 0 aromatic carbocycles. The normalized spacial score (nSPS) is 13.4. The van der Waals surface area contributed by atoms with Crippen molar-refractivity contribution in [3.05, 3.63) is 0 Å². The van der Waals surface area contributed by atoms with E-state index < -0.39 is 8.80 Å². The lowest BCUT2D eigenvalue weighted by molar-refractivity contribution is 0.123. The number of hydrogen-bond acceptors (Lipinski definition) is 3. The molecule has 0 N–H and O–H groups in total. The first-order valence-electron chi connectivity index (χ1n) is 3.61. The van der Waals surface area contributed by atoms with Crippen molar-refractivity contribution < 1.29 is 13.3 Å². The number of rotatable bonds is 5. The molecule has 0 aromatic heterocycles. The van der Waals surface area contributed by atoms with Crippen LogP contribution in [0.1, 0.15) is 6.42 Å². The van der Waals surface area contributed by atoms with Crippen LogP contribution in [-0.2, 0) is 13.3 Å². The Bertz CT molecular complexity index is 138. The van der Waals surface area contributed by atoms with E-state index in [2.05, 4.69) is 47.8 Å². The summed E-state index contributed by atoms with van der Waals surface area (Å²) < 4.78 is 15.5. The van der Waals surface area contributed by atoms with Gasteiger partial charge in [-0.3, -0.25) is 0 Å². The second-order valence-electron chi connectivity index (χ2n) is 2.41. The Morgan fingerprint density at radius 1 is 1.00 bits per heavy atom. The van der Waals surface area contributed by atoms with Gasteiger partial charge in [0.2, 0.25) is 0 Å². The van der Waals surface area contributed by atoms with E-state index in [0.29, 0.717) is 0 Å². The standard InChI is InChI=1S/C6H13Br3O3Si/c1-10-13(11-2,12-3)5-4-6(7,8)9/h4-5H2,1-3H3. The summed E-state index contributed by atoms with van der Waals surface area (Å²) in [5.74, 6) is 0. The highest BCUT2D eigenvalue weighted by atomic mass is 80.0. The summed E-state index contributed by atoms with van der Waals surface area (Å²) in [5.41, 5.74) is 0. The smallest absolute Gasteiger partial charge is 0.377 e. The van der Waals surface area contributed by atoms with Gasteiger partial charge in [0.1, 0.15) is 2.14 Å². The fraction of sp³-hybridized carbons (Fsp3) is 1.00. The highest BCUT2D eigenvalue weighted by Gasteiger charge is 2.39. The Hall–Kier alpha value is 1.54. The third-order valence-corrected chi connectivity index (χ3v) is 5.57. The molecule has 7 heteroatoms. The van der Waals surface area contributed by atoms with Gasteiger partial charge < -0.3 is 13.3 Å². The van der Waals surface area contributed by atoms with Crippen molar-refractivity contribution in [1.82, 2.24) is 0 Å². The maximum absolute atomic E-state index is 5.26. The van der Waals surface area contributed by atoms with E-state index in [9.17, 15) is 0 Å². The van der Waals surface area contributed by atoms with Gasteiger partial charge in [0.25, 0.3) is 0 Å². The summed E-state index contributed by atoms with van der Waals surface area (Å²) in [6.07, 6.45) is 0.800. The topological polar surface area (TPSA) is 27.7 Å². The zero-order chi connectivity index (χ0) is 10.5. The highest BCUT2D eigenvalue weighted by molar-refractivity contribution is 9.39. The molecule has 3 nitrogen and oxygen atoms in total. The summed E-state index contributed by atoms with van der Waals surface area (Å²) in [6.45, 7) is 0. The molecule has 80 valence electrons. The highest BCUT2D eigenvalue weighted by Crippen LogP contribution is 2.39. The lowest BCUT2D eigenvalue weighted by Gasteiger charge is -2.25. The third-order valence-electron chi connectivity index (χ3n) is 1.65. The van der Waals surface area contributed by atoms with Crippen LogP contribution in [0.2, 0.25) is 6.04 Å². The average molecular weight is 401 g/mol. The zero-order valence-electron chi connectivity index (χ0n) is 7.77. The van der Waals surface area contributed by atoms with E-state index in [-0.39, 0.29) is 2.14 Å². The van der Waals surface area contributed by atoms with Gasteiger partial charge in [0, 0.05) is 27.4 Å².